The van der Waals surface area contributed by atoms with Gasteiger partial charge in [-0.3, -0.25) is 4.79 Å². The highest BCUT2D eigenvalue weighted by Gasteiger charge is 2.29. The molecule has 4 N–H and O–H groups in total. The highest BCUT2D eigenvalue weighted by atomic mass is 32.1. The highest BCUT2D eigenvalue weighted by molar-refractivity contribution is 7.14. The molecule has 1 fully saturated rings. The maximum atomic E-state index is 12.1. The molecule has 7 heteroatoms. The molecular weight excluding hydrogens is 304 g/mol. The number of hydrogen-bond acceptors (Lipinski definition) is 6. The predicted octanol–water partition coefficient (Wildman–Crippen LogP) is 2.32. The number of aromatic nitrogens is 1. The third-order valence-corrected chi connectivity index (χ3v) is 4.53. The van der Waals surface area contributed by atoms with Gasteiger partial charge in [0.15, 0.2) is 5.13 Å². The van der Waals surface area contributed by atoms with Gasteiger partial charge < -0.3 is 20.6 Å². The Labute approximate surface area is 131 Å². The lowest BCUT2D eigenvalue weighted by Gasteiger charge is -2.08. The number of rotatable bonds is 3. The van der Waals surface area contributed by atoms with Crippen molar-refractivity contribution < 1.29 is 20.1 Å². The topological polar surface area (TPSA) is 103 Å². The van der Waals surface area contributed by atoms with E-state index in [1.165, 1.54) is 23.5 Å². The molecule has 0 bridgehead atoms. The summed E-state index contributed by atoms with van der Waals surface area (Å²) in [5.41, 5.74) is 1.02. The monoisotopic (exact) mass is 320 g/mol. The van der Waals surface area contributed by atoms with E-state index in [-0.39, 0.29) is 23.3 Å². The van der Waals surface area contributed by atoms with Gasteiger partial charge in [0.2, 0.25) is 5.91 Å². The normalized spacial score (nSPS) is 21.0. The Morgan fingerprint density at radius 2 is 2.14 bits per heavy atom. The predicted molar refractivity (Wildman–Crippen MR) is 82.9 cm³/mol. The highest BCUT2D eigenvalue weighted by Crippen LogP contribution is 2.34. The Balaban J connectivity index is 1.72. The number of aliphatic hydroxyl groups excluding tert-OH is 1. The van der Waals surface area contributed by atoms with Crippen LogP contribution >= 0.6 is 11.3 Å². The summed E-state index contributed by atoms with van der Waals surface area (Å²) >= 11 is 1.27. The maximum absolute atomic E-state index is 12.1. The Morgan fingerprint density at radius 1 is 1.32 bits per heavy atom. The number of nitrogens with zero attached hydrogens (tertiary/aromatic N) is 1. The van der Waals surface area contributed by atoms with E-state index >= 15 is 0 Å². The van der Waals surface area contributed by atoms with Gasteiger partial charge in [0.05, 0.1) is 11.8 Å². The lowest BCUT2D eigenvalue weighted by molar-refractivity contribution is -0.119. The first kappa shape index (κ1) is 14.8. The van der Waals surface area contributed by atoms with Crippen LogP contribution in [0.25, 0.3) is 11.3 Å². The smallest absolute Gasteiger partial charge is 0.229 e. The van der Waals surface area contributed by atoms with Crippen molar-refractivity contribution in [2.24, 2.45) is 5.92 Å². The van der Waals surface area contributed by atoms with Gasteiger partial charge in [0.25, 0.3) is 0 Å². The van der Waals surface area contributed by atoms with Gasteiger partial charge in [0, 0.05) is 22.9 Å². The number of thiazole rings is 1. The van der Waals surface area contributed by atoms with Gasteiger partial charge in [-0.1, -0.05) is 0 Å². The number of carbonyl (C=O) groups is 1. The molecule has 0 radical (unpaired) electrons. The second kappa shape index (κ2) is 5.94. The molecule has 2 aromatic rings. The van der Waals surface area contributed by atoms with Gasteiger partial charge in [-0.15, -0.1) is 11.3 Å². The van der Waals surface area contributed by atoms with E-state index < -0.39 is 6.10 Å². The van der Waals surface area contributed by atoms with Crippen molar-refractivity contribution in [2.75, 3.05) is 5.32 Å². The molecule has 1 saturated carbocycles. The zero-order valence-corrected chi connectivity index (χ0v) is 12.5. The number of nitrogens with one attached hydrogen (secondary N) is 1. The van der Waals surface area contributed by atoms with Crippen molar-refractivity contribution in [1.82, 2.24) is 4.98 Å². The van der Waals surface area contributed by atoms with E-state index in [0.29, 0.717) is 35.7 Å². The van der Waals surface area contributed by atoms with Gasteiger partial charge >= 0.3 is 0 Å². The summed E-state index contributed by atoms with van der Waals surface area (Å²) in [7, 11) is 0. The Kier molecular flexibility index (Phi) is 4.00. The van der Waals surface area contributed by atoms with Crippen molar-refractivity contribution in [3.8, 4) is 22.8 Å². The molecule has 1 aromatic heterocycles. The fourth-order valence-electron chi connectivity index (χ4n) is 2.59. The molecule has 1 aliphatic rings. The standard InChI is InChI=1S/C15H16N2O4S/c18-9-2-1-8(5-9)14(21)17-15-16-12(7-22-15)11-4-3-10(19)6-13(11)20/h3-4,6-9,18-20H,1-2,5H2,(H,16,17,21)/t8-,9-/m0/s1. The summed E-state index contributed by atoms with van der Waals surface area (Å²) in [5.74, 6) is -0.399. The fourth-order valence-corrected chi connectivity index (χ4v) is 3.31. The van der Waals surface area contributed by atoms with Crippen molar-refractivity contribution in [3.05, 3.63) is 23.6 Å². The van der Waals surface area contributed by atoms with Crippen LogP contribution in [0.1, 0.15) is 19.3 Å². The van der Waals surface area contributed by atoms with Crippen molar-refractivity contribution in [1.29, 1.82) is 0 Å². The van der Waals surface area contributed by atoms with Crippen LogP contribution in [0.4, 0.5) is 5.13 Å². The molecule has 6 nitrogen and oxygen atoms in total. The maximum Gasteiger partial charge on any atom is 0.229 e. The Morgan fingerprint density at radius 3 is 2.82 bits per heavy atom. The van der Waals surface area contributed by atoms with Crippen LogP contribution in [-0.2, 0) is 4.79 Å². The van der Waals surface area contributed by atoms with Crippen LogP contribution in [0.2, 0.25) is 0 Å². The Hall–Kier alpha value is -2.12. The average Bonchev–Trinajstić information content (AvgIpc) is 3.08. The molecule has 0 aliphatic heterocycles. The number of hydrogen-bond donors (Lipinski definition) is 4. The second-order valence-corrected chi connectivity index (χ2v) is 6.25. The molecule has 2 atom stereocenters. The van der Waals surface area contributed by atoms with E-state index in [4.69, 9.17) is 0 Å². The third-order valence-electron chi connectivity index (χ3n) is 3.77. The number of benzene rings is 1. The average molecular weight is 320 g/mol. The minimum absolute atomic E-state index is 0.0233. The summed E-state index contributed by atoms with van der Waals surface area (Å²) in [6, 6.07) is 4.28. The van der Waals surface area contributed by atoms with E-state index in [2.05, 4.69) is 10.3 Å². The lowest BCUT2D eigenvalue weighted by atomic mass is 10.1. The SMILES string of the molecule is O=C(Nc1nc(-c2ccc(O)cc2O)cs1)[C@H]1CC[C@H](O)C1. The number of amides is 1. The fraction of sp³-hybridized carbons (Fsp3) is 0.333. The van der Waals surface area contributed by atoms with E-state index in [1.54, 1.807) is 11.4 Å². The van der Waals surface area contributed by atoms with Crippen LogP contribution in [0.3, 0.4) is 0 Å². The van der Waals surface area contributed by atoms with Crippen LogP contribution in [0.5, 0.6) is 11.5 Å². The molecule has 0 saturated heterocycles. The van der Waals surface area contributed by atoms with Gasteiger partial charge in [-0.25, -0.2) is 4.98 Å². The molecular formula is C15H16N2O4S. The van der Waals surface area contributed by atoms with Crippen molar-refractivity contribution in [3.63, 3.8) is 0 Å². The molecule has 1 aliphatic carbocycles. The lowest BCUT2D eigenvalue weighted by Crippen LogP contribution is -2.21. The zero-order valence-electron chi connectivity index (χ0n) is 11.7. The molecule has 1 aromatic carbocycles. The molecule has 0 unspecified atom stereocenters. The summed E-state index contributed by atoms with van der Waals surface area (Å²) in [6.45, 7) is 0. The molecule has 3 rings (SSSR count). The number of phenols is 2. The largest absolute Gasteiger partial charge is 0.508 e. The number of anilines is 1. The van der Waals surface area contributed by atoms with Crippen LogP contribution in [-0.4, -0.2) is 32.3 Å². The van der Waals surface area contributed by atoms with Crippen LogP contribution in [0, 0.1) is 5.92 Å². The zero-order chi connectivity index (χ0) is 15.7. The molecule has 116 valence electrons. The van der Waals surface area contributed by atoms with E-state index in [0.717, 1.165) is 0 Å². The van der Waals surface area contributed by atoms with Crippen molar-refractivity contribution in [2.45, 2.75) is 25.4 Å². The first-order chi connectivity index (χ1) is 10.5. The van der Waals surface area contributed by atoms with Crippen LogP contribution in [0.15, 0.2) is 23.6 Å². The first-order valence-electron chi connectivity index (χ1n) is 6.99. The molecule has 1 amide bonds. The van der Waals surface area contributed by atoms with Gasteiger partial charge in [-0.2, -0.15) is 0 Å². The molecule has 1 heterocycles. The number of carbonyl (C=O) groups excluding carboxylic acids is 1. The van der Waals surface area contributed by atoms with Gasteiger partial charge in [-0.05, 0) is 31.4 Å². The Bertz CT molecular complexity index is 701. The minimum atomic E-state index is -0.392. The molecule has 22 heavy (non-hydrogen) atoms. The van der Waals surface area contributed by atoms with E-state index in [9.17, 15) is 20.1 Å². The number of aromatic hydroxyl groups is 2. The minimum Gasteiger partial charge on any atom is -0.508 e. The first-order valence-corrected chi connectivity index (χ1v) is 7.87. The quantitative estimate of drug-likeness (QED) is 0.695. The third kappa shape index (κ3) is 3.05. The summed E-state index contributed by atoms with van der Waals surface area (Å²) < 4.78 is 0. The molecule has 0 spiro atoms. The van der Waals surface area contributed by atoms with E-state index in [1.807, 2.05) is 0 Å². The number of phenolic OH excluding ortho intramolecular Hbond substituents is 2. The summed E-state index contributed by atoms with van der Waals surface area (Å²) in [4.78, 5) is 16.4. The van der Waals surface area contributed by atoms with Gasteiger partial charge in [0.1, 0.15) is 11.5 Å². The second-order valence-electron chi connectivity index (χ2n) is 5.39. The van der Waals surface area contributed by atoms with Crippen molar-refractivity contribution >= 4 is 22.4 Å². The summed E-state index contributed by atoms with van der Waals surface area (Å²) in [5, 5.41) is 33.5. The number of aliphatic hydroxyl groups is 1. The van der Waals surface area contributed by atoms with Crippen LogP contribution < -0.4 is 5.32 Å². The summed E-state index contributed by atoms with van der Waals surface area (Å²) in [6.07, 6.45) is 1.44.